The van der Waals surface area contributed by atoms with Gasteiger partial charge in [0.05, 0.1) is 5.69 Å². The van der Waals surface area contributed by atoms with E-state index in [1.807, 2.05) is 13.0 Å². The highest BCUT2D eigenvalue weighted by Gasteiger charge is 2.23. The van der Waals surface area contributed by atoms with Crippen LogP contribution in [0.5, 0.6) is 0 Å². The lowest BCUT2D eigenvalue weighted by Gasteiger charge is -2.16. The van der Waals surface area contributed by atoms with Crippen molar-refractivity contribution < 1.29 is 0 Å². The number of nitrogens with zero attached hydrogens (tertiary/aromatic N) is 3. The number of rotatable bonds is 4. The maximum Gasteiger partial charge on any atom is 0.263 e. The van der Waals surface area contributed by atoms with Gasteiger partial charge in [-0.25, -0.2) is 0 Å². The molecular weight excluding hydrogens is 314 g/mol. The summed E-state index contributed by atoms with van der Waals surface area (Å²) < 4.78 is 0. The summed E-state index contributed by atoms with van der Waals surface area (Å²) in [5.41, 5.74) is 9.43. The Morgan fingerprint density at radius 2 is 2.08 bits per heavy atom. The lowest BCUT2D eigenvalue weighted by atomic mass is 10.1. The monoisotopic (exact) mass is 337 g/mol. The molecule has 130 valence electrons. The lowest BCUT2D eigenvalue weighted by molar-refractivity contribution is 0.892. The third-order valence-corrected chi connectivity index (χ3v) is 4.98. The average molecular weight is 337 g/mol. The smallest absolute Gasteiger partial charge is 0.263 e. The zero-order valence-electron chi connectivity index (χ0n) is 14.5. The summed E-state index contributed by atoms with van der Waals surface area (Å²) in [6.45, 7) is 3.85. The first kappa shape index (κ1) is 15.9. The Morgan fingerprint density at radius 3 is 2.72 bits per heavy atom. The largest absolute Gasteiger partial charge is 0.383 e. The minimum Gasteiger partial charge on any atom is -0.383 e. The molecule has 0 bridgehead atoms. The zero-order chi connectivity index (χ0) is 17.4. The number of nitrogen functional groups attached to an aromatic ring is 1. The standard InChI is InChI=1S/C19H23N5O/c1-12-10-14(13-4-5-13)6-7-16(12)21-11-15-17(20)22-19(23-18(15)25)24-8-2-3-9-24/h6-7,10-11,13H,2-5,8-9H2,1H3,(H3,20,22,23,25). The Balaban J connectivity index is 1.59. The first-order valence-electron chi connectivity index (χ1n) is 8.91. The molecular formula is C19H23N5O. The van der Waals surface area contributed by atoms with E-state index in [-0.39, 0.29) is 11.4 Å². The molecule has 1 aromatic heterocycles. The van der Waals surface area contributed by atoms with Crippen molar-refractivity contribution in [1.29, 1.82) is 0 Å². The molecule has 6 nitrogen and oxygen atoms in total. The molecule has 1 saturated carbocycles. The number of nitrogens with two attached hydrogens (primary N) is 1. The molecule has 0 radical (unpaired) electrons. The molecule has 0 unspecified atom stereocenters. The summed E-state index contributed by atoms with van der Waals surface area (Å²) in [5.74, 6) is 1.50. The minimum absolute atomic E-state index is 0.224. The van der Waals surface area contributed by atoms with Gasteiger partial charge in [0, 0.05) is 19.3 Å². The zero-order valence-corrected chi connectivity index (χ0v) is 14.5. The maximum absolute atomic E-state index is 12.4. The highest BCUT2D eigenvalue weighted by Crippen LogP contribution is 2.41. The number of anilines is 2. The van der Waals surface area contributed by atoms with Gasteiger partial charge in [0.1, 0.15) is 11.4 Å². The number of aromatic amines is 1. The molecule has 1 aliphatic carbocycles. The van der Waals surface area contributed by atoms with Crippen LogP contribution in [0.15, 0.2) is 28.0 Å². The van der Waals surface area contributed by atoms with E-state index in [4.69, 9.17) is 5.73 Å². The number of nitrogens with one attached hydrogen (secondary N) is 1. The Kier molecular flexibility index (Phi) is 4.03. The second kappa shape index (κ2) is 6.35. The molecule has 1 aromatic carbocycles. The first-order valence-corrected chi connectivity index (χ1v) is 8.91. The van der Waals surface area contributed by atoms with Gasteiger partial charge in [-0.2, -0.15) is 4.98 Å². The SMILES string of the molecule is Cc1cc(C2CC2)ccc1N=Cc1c(N)nc(N2CCCC2)[nH]c1=O. The van der Waals surface area contributed by atoms with Crippen molar-refractivity contribution in [3.05, 3.63) is 45.2 Å². The van der Waals surface area contributed by atoms with E-state index >= 15 is 0 Å². The van der Waals surface area contributed by atoms with Gasteiger partial charge in [-0.05, 0) is 55.7 Å². The number of hydrogen-bond donors (Lipinski definition) is 2. The topological polar surface area (TPSA) is 87.4 Å². The summed E-state index contributed by atoms with van der Waals surface area (Å²) in [5, 5.41) is 0. The molecule has 2 fully saturated rings. The fraction of sp³-hybridized carbons (Fsp3) is 0.421. The van der Waals surface area contributed by atoms with Gasteiger partial charge in [-0.1, -0.05) is 12.1 Å². The highest BCUT2D eigenvalue weighted by molar-refractivity contribution is 5.87. The number of hydrogen-bond acceptors (Lipinski definition) is 5. The highest BCUT2D eigenvalue weighted by atomic mass is 16.1. The van der Waals surface area contributed by atoms with Crippen LogP contribution in [0.4, 0.5) is 17.5 Å². The molecule has 2 aliphatic rings. The van der Waals surface area contributed by atoms with Crippen LogP contribution >= 0.6 is 0 Å². The van der Waals surface area contributed by atoms with E-state index in [0.717, 1.165) is 43.1 Å². The summed E-state index contributed by atoms with van der Waals surface area (Å²) in [6.07, 6.45) is 6.31. The van der Waals surface area contributed by atoms with Crippen molar-refractivity contribution in [3.63, 3.8) is 0 Å². The van der Waals surface area contributed by atoms with Crippen LogP contribution in [-0.4, -0.2) is 29.3 Å². The predicted molar refractivity (Wildman–Crippen MR) is 101 cm³/mol. The minimum atomic E-state index is -0.245. The summed E-state index contributed by atoms with van der Waals surface area (Å²) in [7, 11) is 0. The van der Waals surface area contributed by atoms with Crippen LogP contribution in [0.2, 0.25) is 0 Å². The lowest BCUT2D eigenvalue weighted by Crippen LogP contribution is -2.26. The fourth-order valence-corrected chi connectivity index (χ4v) is 3.32. The number of aliphatic imine (C=N–C) groups is 1. The van der Waals surface area contributed by atoms with Gasteiger partial charge in [0.25, 0.3) is 5.56 Å². The Morgan fingerprint density at radius 1 is 1.32 bits per heavy atom. The molecule has 1 saturated heterocycles. The molecule has 2 aromatic rings. The number of benzene rings is 1. The Labute approximate surface area is 146 Å². The third-order valence-electron chi connectivity index (χ3n) is 4.98. The fourth-order valence-electron chi connectivity index (χ4n) is 3.32. The van der Waals surface area contributed by atoms with Crippen molar-refractivity contribution in [1.82, 2.24) is 9.97 Å². The Hall–Kier alpha value is -2.63. The van der Waals surface area contributed by atoms with Crippen molar-refractivity contribution in [2.24, 2.45) is 4.99 Å². The van der Waals surface area contributed by atoms with Gasteiger partial charge < -0.3 is 10.6 Å². The molecule has 0 atom stereocenters. The van der Waals surface area contributed by atoms with Gasteiger partial charge in [0.2, 0.25) is 5.95 Å². The molecule has 3 N–H and O–H groups in total. The molecule has 1 aliphatic heterocycles. The summed E-state index contributed by atoms with van der Waals surface area (Å²) in [4.78, 5) is 26.1. The van der Waals surface area contributed by atoms with E-state index in [2.05, 4.69) is 32.0 Å². The van der Waals surface area contributed by atoms with Crippen LogP contribution < -0.4 is 16.2 Å². The molecule has 4 rings (SSSR count). The second-order valence-corrected chi connectivity index (χ2v) is 6.96. The van der Waals surface area contributed by atoms with Crippen LogP contribution in [0.3, 0.4) is 0 Å². The predicted octanol–water partition coefficient (Wildman–Crippen LogP) is 2.89. The molecule has 25 heavy (non-hydrogen) atoms. The van der Waals surface area contributed by atoms with Crippen molar-refractivity contribution in [3.8, 4) is 0 Å². The van der Waals surface area contributed by atoms with Crippen LogP contribution in [0, 0.1) is 6.92 Å². The van der Waals surface area contributed by atoms with E-state index in [9.17, 15) is 4.79 Å². The first-order chi connectivity index (χ1) is 12.1. The second-order valence-electron chi connectivity index (χ2n) is 6.96. The van der Waals surface area contributed by atoms with Crippen LogP contribution in [0.25, 0.3) is 0 Å². The van der Waals surface area contributed by atoms with E-state index in [1.165, 1.54) is 24.6 Å². The Bertz CT molecular complexity index is 876. The number of H-pyrrole nitrogens is 1. The molecule has 6 heteroatoms. The summed E-state index contributed by atoms with van der Waals surface area (Å²) >= 11 is 0. The maximum atomic E-state index is 12.4. The summed E-state index contributed by atoms with van der Waals surface area (Å²) in [6, 6.07) is 6.32. The van der Waals surface area contributed by atoms with Gasteiger partial charge >= 0.3 is 0 Å². The normalized spacial score (nSPS) is 17.6. The number of aryl methyl sites for hydroxylation is 1. The van der Waals surface area contributed by atoms with E-state index in [0.29, 0.717) is 11.5 Å². The van der Waals surface area contributed by atoms with Gasteiger partial charge in [0.15, 0.2) is 0 Å². The van der Waals surface area contributed by atoms with Gasteiger partial charge in [-0.15, -0.1) is 0 Å². The van der Waals surface area contributed by atoms with E-state index in [1.54, 1.807) is 0 Å². The molecule has 0 amide bonds. The van der Waals surface area contributed by atoms with E-state index < -0.39 is 0 Å². The quantitative estimate of drug-likeness (QED) is 0.840. The molecule has 0 spiro atoms. The van der Waals surface area contributed by atoms with Crippen LogP contribution in [0.1, 0.15) is 48.3 Å². The molecule has 2 heterocycles. The van der Waals surface area contributed by atoms with Crippen molar-refractivity contribution in [2.75, 3.05) is 23.7 Å². The van der Waals surface area contributed by atoms with Crippen molar-refractivity contribution in [2.45, 2.75) is 38.5 Å². The van der Waals surface area contributed by atoms with Crippen LogP contribution in [-0.2, 0) is 0 Å². The average Bonchev–Trinajstić information content (AvgIpc) is 3.29. The van der Waals surface area contributed by atoms with Crippen molar-refractivity contribution >= 4 is 23.7 Å². The van der Waals surface area contributed by atoms with Gasteiger partial charge in [-0.3, -0.25) is 14.8 Å². The number of aromatic nitrogens is 2. The third kappa shape index (κ3) is 3.29.